The number of rotatable bonds is 1. The molecule has 70 valence electrons. The maximum atomic E-state index is 12.7. The van der Waals surface area contributed by atoms with Gasteiger partial charge in [0.15, 0.2) is 0 Å². The zero-order valence-corrected chi connectivity index (χ0v) is 6.94. The molecule has 0 radical (unpaired) electrons. The van der Waals surface area contributed by atoms with Gasteiger partial charge in [0, 0.05) is 6.20 Å². The summed E-state index contributed by atoms with van der Waals surface area (Å²) in [6.45, 7) is 0. The van der Waals surface area contributed by atoms with Crippen LogP contribution in [0.2, 0.25) is 0 Å². The fourth-order valence-electron chi connectivity index (χ4n) is 1.17. The van der Waals surface area contributed by atoms with Crippen LogP contribution in [-0.2, 0) is 0 Å². The zero-order valence-electron chi connectivity index (χ0n) is 6.94. The Morgan fingerprint density at radius 1 is 1.36 bits per heavy atom. The van der Waals surface area contributed by atoms with E-state index in [1.54, 1.807) is 0 Å². The maximum absolute atomic E-state index is 12.7. The lowest BCUT2D eigenvalue weighted by molar-refractivity contribution is 0.0698. The Balaban J connectivity index is 2.84. The van der Waals surface area contributed by atoms with E-state index in [9.17, 15) is 9.18 Å². The van der Waals surface area contributed by atoms with E-state index in [1.807, 2.05) is 0 Å². The second-order valence-corrected chi connectivity index (χ2v) is 2.67. The number of hydrogen-bond donors (Lipinski definition) is 1. The summed E-state index contributed by atoms with van der Waals surface area (Å²) in [5.74, 6) is -1.86. The Morgan fingerprint density at radius 3 is 2.86 bits per heavy atom. The first-order valence-electron chi connectivity index (χ1n) is 3.83. The number of aromatic carboxylic acids is 1. The number of hydrogen-bond acceptors (Lipinski definition) is 3. The number of nitrogens with zero attached hydrogens (tertiary/aromatic N) is 2. The second kappa shape index (κ2) is 3.02. The first-order valence-corrected chi connectivity index (χ1v) is 3.83. The Kier molecular flexibility index (Phi) is 1.85. The molecule has 2 heterocycles. The minimum absolute atomic E-state index is 0.0468. The number of carboxylic acid groups (broad SMARTS) is 1. The van der Waals surface area contributed by atoms with Crippen LogP contribution in [0, 0.1) is 5.95 Å². The molecule has 0 amide bonds. The summed E-state index contributed by atoms with van der Waals surface area (Å²) in [4.78, 5) is 18.1. The molecule has 2 rings (SSSR count). The maximum Gasteiger partial charge on any atom is 0.338 e. The summed E-state index contributed by atoms with van der Waals surface area (Å²) in [7, 11) is 0. The molecule has 0 aliphatic rings. The van der Waals surface area contributed by atoms with Crippen LogP contribution in [0.1, 0.15) is 10.4 Å². The van der Waals surface area contributed by atoms with E-state index < -0.39 is 11.9 Å². The molecule has 1 N–H and O–H groups in total. The van der Waals surface area contributed by atoms with Gasteiger partial charge in [-0.05, 0) is 18.2 Å². The lowest BCUT2D eigenvalue weighted by atomic mass is 10.2. The van der Waals surface area contributed by atoms with Crippen LogP contribution in [0.15, 0.2) is 24.4 Å². The molecule has 0 spiro atoms. The highest BCUT2D eigenvalue weighted by molar-refractivity contribution is 6.00. The van der Waals surface area contributed by atoms with Crippen LogP contribution in [0.3, 0.4) is 0 Å². The van der Waals surface area contributed by atoms with Gasteiger partial charge in [-0.25, -0.2) is 9.78 Å². The van der Waals surface area contributed by atoms with E-state index in [1.165, 1.54) is 18.3 Å². The van der Waals surface area contributed by atoms with E-state index in [2.05, 4.69) is 9.97 Å². The molecule has 2 aromatic rings. The second-order valence-electron chi connectivity index (χ2n) is 2.67. The van der Waals surface area contributed by atoms with Crippen LogP contribution in [0.25, 0.3) is 11.0 Å². The third kappa shape index (κ3) is 1.28. The van der Waals surface area contributed by atoms with E-state index >= 15 is 0 Å². The molecule has 0 bridgehead atoms. The van der Waals surface area contributed by atoms with Gasteiger partial charge in [0.2, 0.25) is 5.95 Å². The standard InChI is InChI=1S/C9H5FN2O2/c10-7-2-1-6-8(12-7)5(9(13)14)3-4-11-6/h1-4H,(H,13,14). The van der Waals surface area contributed by atoms with Crippen molar-refractivity contribution in [2.45, 2.75) is 0 Å². The number of carbonyl (C=O) groups is 1. The molecule has 0 aromatic carbocycles. The fourth-order valence-corrected chi connectivity index (χ4v) is 1.17. The minimum atomic E-state index is -1.14. The van der Waals surface area contributed by atoms with E-state index in [4.69, 9.17) is 5.11 Å². The molecule has 2 aromatic heterocycles. The molecule has 0 aliphatic carbocycles. The quantitative estimate of drug-likeness (QED) is 0.695. The molecule has 5 heteroatoms. The summed E-state index contributed by atoms with van der Waals surface area (Å²) < 4.78 is 12.7. The van der Waals surface area contributed by atoms with Crippen molar-refractivity contribution in [1.29, 1.82) is 0 Å². The molecular formula is C9H5FN2O2. The predicted molar refractivity (Wildman–Crippen MR) is 46.5 cm³/mol. The van der Waals surface area contributed by atoms with Gasteiger partial charge >= 0.3 is 5.97 Å². The summed E-state index contributed by atoms with van der Waals surface area (Å²) in [5, 5.41) is 8.78. The number of aromatic nitrogens is 2. The van der Waals surface area contributed by atoms with Crippen LogP contribution in [-0.4, -0.2) is 21.0 Å². The van der Waals surface area contributed by atoms with Gasteiger partial charge in [-0.15, -0.1) is 0 Å². The van der Waals surface area contributed by atoms with Crippen molar-refractivity contribution in [3.63, 3.8) is 0 Å². The van der Waals surface area contributed by atoms with Gasteiger partial charge in [-0.1, -0.05) is 0 Å². The van der Waals surface area contributed by atoms with Crippen molar-refractivity contribution in [2.75, 3.05) is 0 Å². The fraction of sp³-hybridized carbons (Fsp3) is 0. The lowest BCUT2D eigenvalue weighted by Gasteiger charge is -1.99. The van der Waals surface area contributed by atoms with Crippen molar-refractivity contribution in [3.05, 3.63) is 35.9 Å². The van der Waals surface area contributed by atoms with E-state index in [0.29, 0.717) is 5.52 Å². The van der Waals surface area contributed by atoms with Gasteiger partial charge in [0.1, 0.15) is 5.52 Å². The summed E-state index contributed by atoms with van der Waals surface area (Å²) in [6, 6.07) is 3.82. The SMILES string of the molecule is O=C(O)c1ccnc2ccc(F)nc12. The normalized spacial score (nSPS) is 10.4. The van der Waals surface area contributed by atoms with E-state index in [-0.39, 0.29) is 11.1 Å². The van der Waals surface area contributed by atoms with Crippen molar-refractivity contribution in [2.24, 2.45) is 0 Å². The average molecular weight is 192 g/mol. The first kappa shape index (κ1) is 8.55. The number of pyridine rings is 2. The Labute approximate surface area is 78.0 Å². The van der Waals surface area contributed by atoms with Crippen LogP contribution < -0.4 is 0 Å². The molecule has 0 aliphatic heterocycles. The van der Waals surface area contributed by atoms with Crippen molar-refractivity contribution in [1.82, 2.24) is 9.97 Å². The van der Waals surface area contributed by atoms with Crippen molar-refractivity contribution < 1.29 is 14.3 Å². The number of halogens is 1. The highest BCUT2D eigenvalue weighted by Crippen LogP contribution is 2.14. The third-order valence-electron chi connectivity index (χ3n) is 1.78. The molecule has 0 unspecified atom stereocenters. The molecule has 4 nitrogen and oxygen atoms in total. The molecular weight excluding hydrogens is 187 g/mol. The van der Waals surface area contributed by atoms with Gasteiger partial charge in [0.25, 0.3) is 0 Å². The highest BCUT2D eigenvalue weighted by atomic mass is 19.1. The van der Waals surface area contributed by atoms with Crippen molar-refractivity contribution >= 4 is 17.0 Å². The van der Waals surface area contributed by atoms with Gasteiger partial charge in [0.05, 0.1) is 11.1 Å². The Morgan fingerprint density at radius 2 is 2.14 bits per heavy atom. The number of fused-ring (bicyclic) bond motifs is 1. The first-order chi connectivity index (χ1) is 6.68. The summed E-state index contributed by atoms with van der Waals surface area (Å²) in [6.07, 6.45) is 1.35. The van der Waals surface area contributed by atoms with Crippen molar-refractivity contribution in [3.8, 4) is 0 Å². The van der Waals surface area contributed by atoms with Gasteiger partial charge < -0.3 is 5.11 Å². The molecule has 0 fully saturated rings. The van der Waals surface area contributed by atoms with Gasteiger partial charge in [-0.3, -0.25) is 4.98 Å². The average Bonchev–Trinajstić information content (AvgIpc) is 2.16. The summed E-state index contributed by atoms with van der Waals surface area (Å²) in [5.41, 5.74) is 0.390. The van der Waals surface area contributed by atoms with E-state index in [0.717, 1.165) is 6.07 Å². The van der Waals surface area contributed by atoms with Crippen LogP contribution in [0.5, 0.6) is 0 Å². The summed E-state index contributed by atoms with van der Waals surface area (Å²) >= 11 is 0. The highest BCUT2D eigenvalue weighted by Gasteiger charge is 2.10. The minimum Gasteiger partial charge on any atom is -0.478 e. The Bertz CT molecular complexity index is 513. The lowest BCUT2D eigenvalue weighted by Crippen LogP contribution is -2.00. The predicted octanol–water partition coefficient (Wildman–Crippen LogP) is 1.47. The Hall–Kier alpha value is -2.04. The zero-order chi connectivity index (χ0) is 10.1. The van der Waals surface area contributed by atoms with Crippen LogP contribution in [0.4, 0.5) is 4.39 Å². The smallest absolute Gasteiger partial charge is 0.338 e. The molecule has 0 saturated heterocycles. The van der Waals surface area contributed by atoms with Crippen LogP contribution >= 0.6 is 0 Å². The third-order valence-corrected chi connectivity index (χ3v) is 1.78. The molecule has 0 saturated carbocycles. The van der Waals surface area contributed by atoms with Gasteiger partial charge in [-0.2, -0.15) is 4.39 Å². The molecule has 14 heavy (non-hydrogen) atoms. The largest absolute Gasteiger partial charge is 0.478 e. The monoisotopic (exact) mass is 192 g/mol. The molecule has 0 atom stereocenters. The topological polar surface area (TPSA) is 63.1 Å². The number of carboxylic acids is 1.